The van der Waals surface area contributed by atoms with Gasteiger partial charge in [-0.2, -0.15) is 0 Å². The number of fused-ring (bicyclic) bond motifs is 1. The molecule has 0 saturated carbocycles. The van der Waals surface area contributed by atoms with Crippen molar-refractivity contribution in [2.45, 2.75) is 6.92 Å². The maximum absolute atomic E-state index is 12.7. The van der Waals surface area contributed by atoms with Crippen LogP contribution in [-0.4, -0.2) is 4.98 Å². The lowest BCUT2D eigenvalue weighted by Crippen LogP contribution is -1.82. The monoisotopic (exact) mass is 160 g/mol. The third kappa shape index (κ3) is 1.16. The molecule has 0 spiro atoms. The van der Waals surface area contributed by atoms with E-state index in [1.54, 1.807) is 6.07 Å². The standard InChI is InChI=1S/C10H7FN/c1-7-4-8-2-3-10(11)5-9(8)6-12-7/h2-5H,1H3. The van der Waals surface area contributed by atoms with Crippen LogP contribution in [0.2, 0.25) is 0 Å². The molecule has 1 aromatic heterocycles. The fourth-order valence-electron chi connectivity index (χ4n) is 1.16. The van der Waals surface area contributed by atoms with Crippen LogP contribution in [0.1, 0.15) is 5.69 Å². The second-order valence-corrected chi connectivity index (χ2v) is 2.74. The molecule has 1 heterocycles. The number of benzene rings is 1. The van der Waals surface area contributed by atoms with Gasteiger partial charge in [-0.25, -0.2) is 4.39 Å². The van der Waals surface area contributed by atoms with E-state index in [-0.39, 0.29) is 5.82 Å². The summed E-state index contributed by atoms with van der Waals surface area (Å²) in [6.45, 7) is 1.89. The summed E-state index contributed by atoms with van der Waals surface area (Å²) in [6.07, 6.45) is 2.77. The highest BCUT2D eigenvalue weighted by atomic mass is 19.1. The van der Waals surface area contributed by atoms with Gasteiger partial charge in [-0.05, 0) is 30.5 Å². The van der Waals surface area contributed by atoms with Gasteiger partial charge in [0.1, 0.15) is 5.82 Å². The number of aromatic nitrogens is 1. The van der Waals surface area contributed by atoms with Crippen molar-refractivity contribution in [2.75, 3.05) is 0 Å². The fourth-order valence-corrected chi connectivity index (χ4v) is 1.16. The molecule has 1 radical (unpaired) electrons. The van der Waals surface area contributed by atoms with E-state index in [0.717, 1.165) is 16.5 Å². The molecule has 1 nitrogen and oxygen atoms in total. The minimum Gasteiger partial charge on any atom is -0.251 e. The molecule has 0 saturated heterocycles. The van der Waals surface area contributed by atoms with Crippen molar-refractivity contribution in [3.05, 3.63) is 42.0 Å². The molecule has 59 valence electrons. The Balaban J connectivity index is 2.79. The van der Waals surface area contributed by atoms with Crippen molar-refractivity contribution in [3.63, 3.8) is 0 Å². The summed E-state index contributed by atoms with van der Waals surface area (Å²) in [4.78, 5) is 3.96. The minimum atomic E-state index is -0.246. The summed E-state index contributed by atoms with van der Waals surface area (Å²) in [5, 5.41) is 1.70. The van der Waals surface area contributed by atoms with Crippen LogP contribution in [0.25, 0.3) is 10.8 Å². The predicted molar refractivity (Wildman–Crippen MR) is 45.3 cm³/mol. The molecule has 0 unspecified atom stereocenters. The van der Waals surface area contributed by atoms with E-state index in [2.05, 4.69) is 11.2 Å². The molecular formula is C10H7FN. The first kappa shape index (κ1) is 7.22. The van der Waals surface area contributed by atoms with Crippen LogP contribution in [0.4, 0.5) is 4.39 Å². The smallest absolute Gasteiger partial charge is 0.123 e. The molecule has 1 aromatic carbocycles. The Morgan fingerprint density at radius 1 is 1.33 bits per heavy atom. The van der Waals surface area contributed by atoms with Crippen LogP contribution in [0.15, 0.2) is 24.3 Å². The van der Waals surface area contributed by atoms with E-state index >= 15 is 0 Å². The van der Waals surface area contributed by atoms with Crippen LogP contribution in [0.3, 0.4) is 0 Å². The fraction of sp³-hybridized carbons (Fsp3) is 0.100. The summed E-state index contributed by atoms with van der Waals surface area (Å²) < 4.78 is 12.7. The van der Waals surface area contributed by atoms with Crippen molar-refractivity contribution < 1.29 is 4.39 Å². The highest BCUT2D eigenvalue weighted by molar-refractivity contribution is 5.81. The van der Waals surface area contributed by atoms with Gasteiger partial charge in [-0.3, -0.25) is 4.98 Å². The van der Waals surface area contributed by atoms with Gasteiger partial charge in [0.2, 0.25) is 0 Å². The van der Waals surface area contributed by atoms with E-state index < -0.39 is 0 Å². The highest BCUT2D eigenvalue weighted by Crippen LogP contribution is 2.14. The normalized spacial score (nSPS) is 10.5. The van der Waals surface area contributed by atoms with Gasteiger partial charge in [-0.15, -0.1) is 0 Å². The summed E-state index contributed by atoms with van der Waals surface area (Å²) in [5.74, 6) is -0.246. The Kier molecular flexibility index (Phi) is 1.54. The Labute approximate surface area is 69.9 Å². The first-order chi connectivity index (χ1) is 5.75. The molecule has 0 aliphatic carbocycles. The molecule has 0 bridgehead atoms. The van der Waals surface area contributed by atoms with Gasteiger partial charge in [0, 0.05) is 11.1 Å². The molecule has 0 N–H and O–H groups in total. The van der Waals surface area contributed by atoms with Gasteiger partial charge in [0.25, 0.3) is 0 Å². The Hall–Kier alpha value is -1.44. The first-order valence-corrected chi connectivity index (χ1v) is 3.70. The molecule has 0 aliphatic rings. The van der Waals surface area contributed by atoms with E-state index in [9.17, 15) is 4.39 Å². The summed E-state index contributed by atoms with van der Waals surface area (Å²) in [5.41, 5.74) is 0.897. The zero-order valence-corrected chi connectivity index (χ0v) is 6.63. The van der Waals surface area contributed by atoms with Crippen LogP contribution < -0.4 is 0 Å². The Morgan fingerprint density at radius 2 is 2.17 bits per heavy atom. The molecule has 0 aliphatic heterocycles. The zero-order chi connectivity index (χ0) is 8.55. The van der Waals surface area contributed by atoms with E-state index in [4.69, 9.17) is 0 Å². The largest absolute Gasteiger partial charge is 0.251 e. The van der Waals surface area contributed by atoms with Gasteiger partial charge in [0.05, 0.1) is 6.20 Å². The predicted octanol–water partition coefficient (Wildman–Crippen LogP) is 2.48. The first-order valence-electron chi connectivity index (χ1n) is 3.70. The summed E-state index contributed by atoms with van der Waals surface area (Å²) in [6, 6.07) is 6.51. The number of aryl methyl sites for hydroxylation is 1. The molecule has 0 amide bonds. The zero-order valence-electron chi connectivity index (χ0n) is 6.63. The number of pyridine rings is 1. The van der Waals surface area contributed by atoms with Gasteiger partial charge in [0.15, 0.2) is 0 Å². The average molecular weight is 160 g/mol. The number of nitrogens with zero attached hydrogens (tertiary/aromatic N) is 1. The maximum atomic E-state index is 12.7. The second-order valence-electron chi connectivity index (χ2n) is 2.74. The van der Waals surface area contributed by atoms with Gasteiger partial charge < -0.3 is 0 Å². The lowest BCUT2D eigenvalue weighted by Gasteiger charge is -1.96. The molecular weight excluding hydrogens is 153 g/mol. The molecule has 2 heteroatoms. The minimum absolute atomic E-state index is 0.246. The van der Waals surface area contributed by atoms with Crippen LogP contribution in [-0.2, 0) is 0 Å². The number of hydrogen-bond donors (Lipinski definition) is 0. The topological polar surface area (TPSA) is 12.9 Å². The van der Waals surface area contributed by atoms with E-state index in [1.165, 1.54) is 12.1 Å². The van der Waals surface area contributed by atoms with Crippen molar-refractivity contribution in [2.24, 2.45) is 0 Å². The summed E-state index contributed by atoms with van der Waals surface area (Å²) >= 11 is 0. The molecule has 0 fully saturated rings. The van der Waals surface area contributed by atoms with Crippen LogP contribution >= 0.6 is 0 Å². The van der Waals surface area contributed by atoms with Crippen molar-refractivity contribution >= 4 is 10.8 Å². The average Bonchev–Trinajstić information content (AvgIpc) is 2.05. The second kappa shape index (κ2) is 2.55. The molecule has 0 atom stereocenters. The van der Waals surface area contributed by atoms with Gasteiger partial charge >= 0.3 is 0 Å². The van der Waals surface area contributed by atoms with Crippen molar-refractivity contribution in [1.29, 1.82) is 0 Å². The number of hydrogen-bond acceptors (Lipinski definition) is 1. The molecule has 2 aromatic rings. The third-order valence-electron chi connectivity index (χ3n) is 1.73. The quantitative estimate of drug-likeness (QED) is 0.577. The lowest BCUT2D eigenvalue weighted by atomic mass is 10.1. The Morgan fingerprint density at radius 3 is 3.00 bits per heavy atom. The lowest BCUT2D eigenvalue weighted by molar-refractivity contribution is 0.629. The third-order valence-corrected chi connectivity index (χ3v) is 1.73. The number of halogens is 1. The molecule has 2 rings (SSSR count). The van der Waals surface area contributed by atoms with Crippen LogP contribution in [0, 0.1) is 18.9 Å². The van der Waals surface area contributed by atoms with Crippen molar-refractivity contribution in [3.8, 4) is 0 Å². The highest BCUT2D eigenvalue weighted by Gasteiger charge is 1.96. The number of rotatable bonds is 0. The van der Waals surface area contributed by atoms with E-state index in [0.29, 0.717) is 0 Å². The summed E-state index contributed by atoms with van der Waals surface area (Å²) in [7, 11) is 0. The maximum Gasteiger partial charge on any atom is 0.123 e. The van der Waals surface area contributed by atoms with Crippen LogP contribution in [0.5, 0.6) is 0 Å². The van der Waals surface area contributed by atoms with Gasteiger partial charge in [-0.1, -0.05) is 6.07 Å². The van der Waals surface area contributed by atoms with Crippen molar-refractivity contribution in [1.82, 2.24) is 4.98 Å². The van der Waals surface area contributed by atoms with E-state index in [1.807, 2.05) is 13.0 Å². The SMILES string of the molecule is Cc1cc2ccc(F)cc2[c]n1. The molecule has 12 heavy (non-hydrogen) atoms. The Bertz CT molecular complexity index is 382.